The van der Waals surface area contributed by atoms with Gasteiger partial charge in [0, 0.05) is 12.2 Å². The molecule has 12 heavy (non-hydrogen) atoms. The average Bonchev–Trinajstić information content (AvgIpc) is 2.04. The minimum atomic E-state index is 1.04. The van der Waals surface area contributed by atoms with Gasteiger partial charge in [-0.2, -0.15) is 0 Å². The van der Waals surface area contributed by atoms with Crippen LogP contribution in [0.25, 0.3) is 0 Å². The van der Waals surface area contributed by atoms with Crippen LogP contribution in [0.5, 0.6) is 0 Å². The van der Waals surface area contributed by atoms with Crippen molar-refractivity contribution in [3.05, 3.63) is 23.9 Å². The van der Waals surface area contributed by atoms with Gasteiger partial charge >= 0.3 is 0 Å². The molecular weight excluding hydrogens is 146 g/mol. The van der Waals surface area contributed by atoms with Crippen molar-refractivity contribution in [1.29, 1.82) is 0 Å². The number of unbranched alkanes of at least 4 members (excludes halogenated alkanes) is 1. The van der Waals surface area contributed by atoms with Crippen molar-refractivity contribution >= 4 is 0 Å². The van der Waals surface area contributed by atoms with E-state index in [-0.39, 0.29) is 0 Å². The third-order valence-electron chi connectivity index (χ3n) is 1.66. The van der Waals surface area contributed by atoms with Gasteiger partial charge in [-0.3, -0.25) is 0 Å². The molecule has 0 radical (unpaired) electrons. The van der Waals surface area contributed by atoms with Crippen molar-refractivity contribution < 1.29 is 0 Å². The molecule has 1 nitrogen and oxygen atoms in total. The Balaban J connectivity index is 3.94. The smallest absolute Gasteiger partial charge is 0.0323 e. The molecule has 70 valence electrons. The Bertz CT molecular complexity index is 156. The summed E-state index contributed by atoms with van der Waals surface area (Å²) in [5, 5.41) is 3.37. The van der Waals surface area contributed by atoms with Crippen molar-refractivity contribution in [3.63, 3.8) is 0 Å². The second-order valence-electron chi connectivity index (χ2n) is 3.11. The van der Waals surface area contributed by atoms with E-state index in [1.54, 1.807) is 0 Å². The third kappa shape index (κ3) is 5.00. The molecule has 0 aliphatic heterocycles. The molecule has 0 aromatic rings. The van der Waals surface area contributed by atoms with Gasteiger partial charge in [-0.15, -0.1) is 0 Å². The predicted octanol–water partition coefficient (Wildman–Crippen LogP) is 3.25. The van der Waals surface area contributed by atoms with Gasteiger partial charge in [-0.1, -0.05) is 32.9 Å². The molecule has 0 heterocycles. The third-order valence-corrected chi connectivity index (χ3v) is 1.66. The van der Waals surface area contributed by atoms with E-state index in [2.05, 4.69) is 31.8 Å². The summed E-state index contributed by atoms with van der Waals surface area (Å²) in [4.78, 5) is 0. The fraction of sp³-hybridized carbons (Fsp3) is 0.636. The Labute approximate surface area is 76.6 Å². The predicted molar refractivity (Wildman–Crippen MR) is 56.1 cm³/mol. The summed E-state index contributed by atoms with van der Waals surface area (Å²) >= 11 is 0. The van der Waals surface area contributed by atoms with E-state index >= 15 is 0 Å². The molecule has 0 fully saturated rings. The molecule has 0 aliphatic carbocycles. The average molecular weight is 167 g/mol. The molecule has 1 heteroatoms. The quantitative estimate of drug-likeness (QED) is 0.599. The first kappa shape index (κ1) is 11.3. The monoisotopic (exact) mass is 167 g/mol. The Morgan fingerprint density at radius 2 is 2.00 bits per heavy atom. The number of nitrogens with one attached hydrogen (secondary N) is 1. The molecule has 0 aromatic heterocycles. The highest BCUT2D eigenvalue weighted by Gasteiger charge is 1.94. The van der Waals surface area contributed by atoms with Crippen molar-refractivity contribution in [2.75, 3.05) is 6.54 Å². The van der Waals surface area contributed by atoms with E-state index in [1.165, 1.54) is 12.1 Å². The zero-order chi connectivity index (χ0) is 9.40. The first-order chi connectivity index (χ1) is 5.72. The Kier molecular flexibility index (Phi) is 6.54. The lowest BCUT2D eigenvalue weighted by Crippen LogP contribution is -2.14. The zero-order valence-electron chi connectivity index (χ0n) is 8.61. The topological polar surface area (TPSA) is 12.0 Å². The van der Waals surface area contributed by atoms with Crippen LogP contribution >= 0.6 is 0 Å². The van der Waals surface area contributed by atoms with Crippen LogP contribution in [-0.2, 0) is 0 Å². The van der Waals surface area contributed by atoms with Crippen LogP contribution in [0, 0.1) is 0 Å². The van der Waals surface area contributed by atoms with Crippen LogP contribution in [0.3, 0.4) is 0 Å². The van der Waals surface area contributed by atoms with E-state index in [1.807, 2.05) is 6.92 Å². The van der Waals surface area contributed by atoms with Gasteiger partial charge in [0.2, 0.25) is 0 Å². The van der Waals surface area contributed by atoms with Gasteiger partial charge in [0.15, 0.2) is 0 Å². The van der Waals surface area contributed by atoms with Gasteiger partial charge in [-0.25, -0.2) is 0 Å². The number of rotatable bonds is 6. The maximum absolute atomic E-state index is 3.93. The van der Waals surface area contributed by atoms with E-state index in [4.69, 9.17) is 0 Å². The molecule has 0 bridgehead atoms. The summed E-state index contributed by atoms with van der Waals surface area (Å²) in [5.41, 5.74) is 2.36. The Hall–Kier alpha value is -0.720. The van der Waals surface area contributed by atoms with Gasteiger partial charge in [0.05, 0.1) is 0 Å². The van der Waals surface area contributed by atoms with Crippen LogP contribution in [0.15, 0.2) is 23.9 Å². The SMILES string of the molecule is C=C(C)/C(=C\CCC)NCCC. The first-order valence-corrected chi connectivity index (χ1v) is 4.82. The lowest BCUT2D eigenvalue weighted by Gasteiger charge is -2.09. The molecule has 0 atom stereocenters. The molecule has 0 aromatic carbocycles. The standard InChI is InChI=1S/C11H21N/c1-5-7-8-11(10(3)4)12-9-6-2/h8,12H,3,5-7,9H2,1-2,4H3/b11-8+. The van der Waals surface area contributed by atoms with E-state index in [9.17, 15) is 0 Å². The minimum Gasteiger partial charge on any atom is -0.385 e. The van der Waals surface area contributed by atoms with Crippen LogP contribution < -0.4 is 5.32 Å². The molecule has 0 spiro atoms. The molecule has 0 amide bonds. The van der Waals surface area contributed by atoms with Crippen LogP contribution in [0.1, 0.15) is 40.0 Å². The zero-order valence-corrected chi connectivity index (χ0v) is 8.61. The summed E-state index contributed by atoms with van der Waals surface area (Å²) in [5.74, 6) is 0. The highest BCUT2D eigenvalue weighted by Crippen LogP contribution is 2.05. The van der Waals surface area contributed by atoms with Gasteiger partial charge < -0.3 is 5.32 Å². The summed E-state index contributed by atoms with van der Waals surface area (Å²) in [6, 6.07) is 0. The van der Waals surface area contributed by atoms with Crippen molar-refractivity contribution in [1.82, 2.24) is 5.32 Å². The molecule has 0 unspecified atom stereocenters. The summed E-state index contributed by atoms with van der Waals surface area (Å²) in [6.07, 6.45) is 5.73. The van der Waals surface area contributed by atoms with Crippen LogP contribution in [-0.4, -0.2) is 6.54 Å². The van der Waals surface area contributed by atoms with Gasteiger partial charge in [-0.05, 0) is 25.3 Å². The molecule has 1 N–H and O–H groups in total. The van der Waals surface area contributed by atoms with E-state index in [0.717, 1.165) is 25.0 Å². The second kappa shape index (κ2) is 6.96. The summed E-state index contributed by atoms with van der Waals surface area (Å²) in [6.45, 7) is 11.4. The van der Waals surface area contributed by atoms with E-state index in [0.29, 0.717) is 0 Å². The maximum atomic E-state index is 3.93. The minimum absolute atomic E-state index is 1.04. The van der Waals surface area contributed by atoms with Crippen LogP contribution in [0.2, 0.25) is 0 Å². The Morgan fingerprint density at radius 1 is 1.33 bits per heavy atom. The van der Waals surface area contributed by atoms with E-state index < -0.39 is 0 Å². The maximum Gasteiger partial charge on any atom is 0.0323 e. The van der Waals surface area contributed by atoms with Crippen molar-refractivity contribution in [2.24, 2.45) is 0 Å². The Morgan fingerprint density at radius 3 is 2.42 bits per heavy atom. The summed E-state index contributed by atoms with van der Waals surface area (Å²) < 4.78 is 0. The number of hydrogen-bond acceptors (Lipinski definition) is 1. The highest BCUT2D eigenvalue weighted by molar-refractivity contribution is 5.24. The molecule has 0 rings (SSSR count). The fourth-order valence-electron chi connectivity index (χ4n) is 0.946. The first-order valence-electron chi connectivity index (χ1n) is 4.82. The van der Waals surface area contributed by atoms with Crippen molar-refractivity contribution in [3.8, 4) is 0 Å². The molecule has 0 saturated heterocycles. The molecular formula is C11H21N. The molecule has 0 saturated carbocycles. The number of hydrogen-bond donors (Lipinski definition) is 1. The van der Waals surface area contributed by atoms with Gasteiger partial charge in [0.25, 0.3) is 0 Å². The van der Waals surface area contributed by atoms with Gasteiger partial charge in [0.1, 0.15) is 0 Å². The number of allylic oxidation sites excluding steroid dienone is 2. The lowest BCUT2D eigenvalue weighted by molar-refractivity contribution is 0.767. The molecule has 0 aliphatic rings. The fourth-order valence-corrected chi connectivity index (χ4v) is 0.946. The highest BCUT2D eigenvalue weighted by atomic mass is 14.9. The normalized spacial score (nSPS) is 11.4. The largest absolute Gasteiger partial charge is 0.385 e. The van der Waals surface area contributed by atoms with Crippen molar-refractivity contribution in [2.45, 2.75) is 40.0 Å². The lowest BCUT2D eigenvalue weighted by atomic mass is 10.2. The summed E-state index contributed by atoms with van der Waals surface area (Å²) in [7, 11) is 0. The van der Waals surface area contributed by atoms with Crippen LogP contribution in [0.4, 0.5) is 0 Å². The second-order valence-corrected chi connectivity index (χ2v) is 3.11.